The molecule has 0 saturated heterocycles. The largest absolute Gasteiger partial charge is 0.505 e. The number of phenols is 2. The average molecular weight is 457 g/mol. The molecule has 0 aliphatic carbocycles. The van der Waals surface area contributed by atoms with Gasteiger partial charge in [0, 0.05) is 5.56 Å². The average Bonchev–Trinajstić information content (AvgIpc) is 3.05. The van der Waals surface area contributed by atoms with E-state index in [1.165, 1.54) is 12.1 Å². The molecule has 154 valence electrons. The van der Waals surface area contributed by atoms with Crippen LogP contribution in [0, 0.1) is 0 Å². The molecule has 7 nitrogen and oxygen atoms in total. The molecule has 1 spiro atoms. The molecule has 0 saturated carbocycles. The van der Waals surface area contributed by atoms with Crippen molar-refractivity contribution in [2.24, 2.45) is 0 Å². The molecule has 9 heteroatoms. The minimum atomic E-state index is -1.69. The van der Waals surface area contributed by atoms with Gasteiger partial charge in [-0.1, -0.05) is 41.4 Å². The number of hydrogen-bond acceptors (Lipinski definition) is 7. The van der Waals surface area contributed by atoms with Crippen molar-refractivity contribution in [2.75, 3.05) is 0 Å². The summed E-state index contributed by atoms with van der Waals surface area (Å²) in [6.07, 6.45) is 0.662. The molecule has 0 bridgehead atoms. The Morgan fingerprint density at radius 3 is 1.87 bits per heavy atom. The number of fused-ring (bicyclic) bond motifs is 6. The zero-order valence-electron chi connectivity index (χ0n) is 15.3. The molecule has 0 unspecified atom stereocenters. The Morgan fingerprint density at radius 1 is 0.839 bits per heavy atom. The Balaban J connectivity index is 2.01. The summed E-state index contributed by atoms with van der Waals surface area (Å²) in [5.41, 5.74) is -1.36. The molecular formula is C22H10Cl2O7. The lowest BCUT2D eigenvalue weighted by Crippen LogP contribution is -2.34. The molecule has 5 rings (SSSR count). The first-order valence-corrected chi connectivity index (χ1v) is 9.63. The number of phenolic OH excluding ortho intramolecular Hbond substituents is 2. The second-order valence-electron chi connectivity index (χ2n) is 6.95. The molecule has 3 aromatic rings. The predicted octanol–water partition coefficient (Wildman–Crippen LogP) is 4.60. The van der Waals surface area contributed by atoms with Gasteiger partial charge in [0.1, 0.15) is 34.1 Å². The number of aldehydes is 2. The van der Waals surface area contributed by atoms with Gasteiger partial charge in [-0.15, -0.1) is 0 Å². The fourth-order valence-corrected chi connectivity index (χ4v) is 4.53. The highest BCUT2D eigenvalue weighted by Crippen LogP contribution is 2.60. The molecule has 0 aromatic heterocycles. The standard InChI is InChI=1S/C22H10Cl2O7/c23-15-5-13-19(10(7-25)17(15)27)30-20-11(8-26)18(28)16(24)6-14(20)22(13)12-4-2-1-3-9(12)21(29)31-22/h1-8,27-28H. The molecule has 2 aliphatic heterocycles. The lowest BCUT2D eigenvalue weighted by Gasteiger charge is -2.37. The zero-order valence-corrected chi connectivity index (χ0v) is 16.8. The van der Waals surface area contributed by atoms with Crippen LogP contribution in [0.3, 0.4) is 0 Å². The van der Waals surface area contributed by atoms with Crippen LogP contribution < -0.4 is 4.74 Å². The van der Waals surface area contributed by atoms with Crippen LogP contribution in [-0.2, 0) is 10.3 Å². The highest BCUT2D eigenvalue weighted by Gasteiger charge is 2.55. The summed E-state index contributed by atoms with van der Waals surface area (Å²) in [7, 11) is 0. The number of halogens is 2. The predicted molar refractivity (Wildman–Crippen MR) is 109 cm³/mol. The zero-order chi connectivity index (χ0) is 22.1. The van der Waals surface area contributed by atoms with Crippen LogP contribution in [0.2, 0.25) is 10.0 Å². The summed E-state index contributed by atoms with van der Waals surface area (Å²) in [5.74, 6) is -2.09. The Hall–Kier alpha value is -3.55. The molecule has 2 heterocycles. The molecule has 0 amide bonds. The molecule has 31 heavy (non-hydrogen) atoms. The molecule has 3 aromatic carbocycles. The van der Waals surface area contributed by atoms with E-state index in [1.54, 1.807) is 24.3 Å². The third kappa shape index (κ3) is 2.33. The highest BCUT2D eigenvalue weighted by molar-refractivity contribution is 6.33. The smallest absolute Gasteiger partial charge is 0.340 e. The number of benzene rings is 3. The molecule has 2 aliphatic rings. The molecule has 0 atom stereocenters. The fraction of sp³-hybridized carbons (Fsp3) is 0.0455. The van der Waals surface area contributed by atoms with E-state index in [0.717, 1.165) is 0 Å². The molecular weight excluding hydrogens is 447 g/mol. The van der Waals surface area contributed by atoms with E-state index in [2.05, 4.69) is 0 Å². The van der Waals surface area contributed by atoms with Gasteiger partial charge < -0.3 is 19.7 Å². The van der Waals surface area contributed by atoms with E-state index < -0.39 is 23.1 Å². The number of ether oxygens (including phenoxy) is 2. The van der Waals surface area contributed by atoms with Crippen molar-refractivity contribution >= 4 is 41.7 Å². The summed E-state index contributed by atoms with van der Waals surface area (Å²) in [6.45, 7) is 0. The third-order valence-corrected chi connectivity index (χ3v) is 6.03. The van der Waals surface area contributed by atoms with Crippen molar-refractivity contribution in [1.29, 1.82) is 0 Å². The van der Waals surface area contributed by atoms with Crippen molar-refractivity contribution in [2.45, 2.75) is 5.60 Å². The monoisotopic (exact) mass is 456 g/mol. The quantitative estimate of drug-likeness (QED) is 0.428. The Labute approximate surface area is 184 Å². The number of carbonyl (C=O) groups excluding carboxylic acids is 3. The van der Waals surface area contributed by atoms with Gasteiger partial charge in [-0.3, -0.25) is 9.59 Å². The second-order valence-corrected chi connectivity index (χ2v) is 7.76. The molecule has 0 radical (unpaired) electrons. The first kappa shape index (κ1) is 19.4. The van der Waals surface area contributed by atoms with Gasteiger partial charge in [-0.05, 0) is 18.2 Å². The van der Waals surface area contributed by atoms with Gasteiger partial charge in [0.15, 0.2) is 18.2 Å². The molecule has 2 N–H and O–H groups in total. The molecule has 0 fully saturated rings. The normalized spacial score (nSPS) is 14.8. The first-order chi connectivity index (χ1) is 14.8. The number of esters is 1. The van der Waals surface area contributed by atoms with E-state index in [1.807, 2.05) is 0 Å². The lowest BCUT2D eigenvalue weighted by molar-refractivity contribution is 0.0224. The van der Waals surface area contributed by atoms with Crippen LogP contribution >= 0.6 is 23.2 Å². The Morgan fingerprint density at radius 2 is 1.35 bits per heavy atom. The van der Waals surface area contributed by atoms with E-state index in [-0.39, 0.29) is 49.4 Å². The van der Waals surface area contributed by atoms with Crippen LogP contribution in [0.1, 0.15) is 47.8 Å². The van der Waals surface area contributed by atoms with E-state index >= 15 is 0 Å². The number of hydrogen-bond donors (Lipinski definition) is 2. The second kappa shape index (κ2) is 6.47. The van der Waals surface area contributed by atoms with Gasteiger partial charge in [-0.2, -0.15) is 0 Å². The van der Waals surface area contributed by atoms with Crippen LogP contribution in [0.5, 0.6) is 23.0 Å². The van der Waals surface area contributed by atoms with E-state index in [0.29, 0.717) is 18.1 Å². The third-order valence-electron chi connectivity index (χ3n) is 5.45. The number of carbonyl (C=O) groups is 3. The van der Waals surface area contributed by atoms with Gasteiger partial charge in [0.2, 0.25) is 0 Å². The van der Waals surface area contributed by atoms with Crippen molar-refractivity contribution < 1.29 is 34.1 Å². The maximum absolute atomic E-state index is 12.8. The SMILES string of the molecule is O=Cc1c(O)c(Cl)cc2c1Oc1c(cc(Cl)c(O)c1C=O)C21OC(=O)c2ccccc21. The minimum Gasteiger partial charge on any atom is -0.505 e. The fourth-order valence-electron chi connectivity index (χ4n) is 4.11. The lowest BCUT2D eigenvalue weighted by atomic mass is 9.76. The van der Waals surface area contributed by atoms with Gasteiger partial charge >= 0.3 is 5.97 Å². The van der Waals surface area contributed by atoms with E-state index in [9.17, 15) is 24.6 Å². The van der Waals surface area contributed by atoms with Crippen LogP contribution in [0.4, 0.5) is 0 Å². The topological polar surface area (TPSA) is 110 Å². The van der Waals surface area contributed by atoms with Crippen molar-refractivity contribution in [1.82, 2.24) is 0 Å². The first-order valence-electron chi connectivity index (χ1n) is 8.88. The summed E-state index contributed by atoms with van der Waals surface area (Å²) in [6, 6.07) is 9.18. The number of rotatable bonds is 2. The van der Waals surface area contributed by atoms with Crippen molar-refractivity contribution in [3.8, 4) is 23.0 Å². The number of aromatic hydroxyl groups is 2. The van der Waals surface area contributed by atoms with Gasteiger partial charge in [-0.25, -0.2) is 4.79 Å². The van der Waals surface area contributed by atoms with Crippen LogP contribution in [-0.4, -0.2) is 28.8 Å². The van der Waals surface area contributed by atoms with Crippen molar-refractivity contribution in [3.63, 3.8) is 0 Å². The summed E-state index contributed by atoms with van der Waals surface area (Å²) < 4.78 is 11.7. The summed E-state index contributed by atoms with van der Waals surface area (Å²) in [4.78, 5) is 36.4. The van der Waals surface area contributed by atoms with Gasteiger partial charge in [0.25, 0.3) is 0 Å². The summed E-state index contributed by atoms with van der Waals surface area (Å²) in [5, 5.41) is 20.3. The maximum Gasteiger partial charge on any atom is 0.340 e. The van der Waals surface area contributed by atoms with Crippen LogP contribution in [0.25, 0.3) is 0 Å². The van der Waals surface area contributed by atoms with Crippen molar-refractivity contribution in [3.05, 3.63) is 79.8 Å². The Bertz CT molecular complexity index is 1280. The van der Waals surface area contributed by atoms with Crippen LogP contribution in [0.15, 0.2) is 36.4 Å². The Kier molecular flexibility index (Phi) is 4.05. The maximum atomic E-state index is 12.8. The summed E-state index contributed by atoms with van der Waals surface area (Å²) >= 11 is 12.3. The van der Waals surface area contributed by atoms with Gasteiger partial charge in [0.05, 0.1) is 26.7 Å². The minimum absolute atomic E-state index is 0.154. The van der Waals surface area contributed by atoms with E-state index in [4.69, 9.17) is 32.7 Å². The highest BCUT2D eigenvalue weighted by atomic mass is 35.5.